The van der Waals surface area contributed by atoms with Gasteiger partial charge in [0, 0.05) is 16.5 Å². The number of anilines is 1. The first-order valence-electron chi connectivity index (χ1n) is 6.88. The summed E-state index contributed by atoms with van der Waals surface area (Å²) in [5, 5.41) is 3.00. The number of rotatable bonds is 3. The van der Waals surface area contributed by atoms with Gasteiger partial charge in [0.2, 0.25) is 5.91 Å². The van der Waals surface area contributed by atoms with Crippen LogP contribution in [0.2, 0.25) is 0 Å². The average Bonchev–Trinajstić information content (AvgIpc) is 2.93. The minimum atomic E-state index is 0.000464. The fraction of sp³-hybridized carbons (Fsp3) is 0.235. The molecule has 1 aliphatic rings. The van der Waals surface area contributed by atoms with Crippen molar-refractivity contribution in [3.05, 3.63) is 58.1 Å². The summed E-state index contributed by atoms with van der Waals surface area (Å²) in [6.07, 6.45) is 1.62. The van der Waals surface area contributed by atoms with Crippen LogP contribution in [-0.2, 0) is 17.6 Å². The summed E-state index contributed by atoms with van der Waals surface area (Å²) in [6, 6.07) is 13.8. The van der Waals surface area contributed by atoms with Crippen molar-refractivity contribution in [2.24, 2.45) is 5.92 Å². The molecule has 1 N–H and O–H groups in total. The molecule has 108 valence electrons. The molecule has 0 aliphatic heterocycles. The third kappa shape index (κ3) is 2.95. The Morgan fingerprint density at radius 3 is 2.48 bits per heavy atom. The molecule has 0 heterocycles. The number of hydrogen-bond acceptors (Lipinski definition) is 2. The number of amides is 1. The lowest BCUT2D eigenvalue weighted by molar-refractivity contribution is -0.119. The lowest BCUT2D eigenvalue weighted by Gasteiger charge is -2.13. The van der Waals surface area contributed by atoms with Gasteiger partial charge in [-0.25, -0.2) is 0 Å². The third-order valence-corrected chi connectivity index (χ3v) is 4.54. The van der Waals surface area contributed by atoms with Crippen LogP contribution in [0.25, 0.3) is 0 Å². The Kier molecular flexibility index (Phi) is 3.97. The summed E-state index contributed by atoms with van der Waals surface area (Å²) in [5.74, 6) is 0.781. The maximum Gasteiger partial charge on any atom is 0.228 e. The van der Waals surface area contributed by atoms with Crippen molar-refractivity contribution in [2.45, 2.75) is 12.8 Å². The Morgan fingerprint density at radius 1 is 1.19 bits per heavy atom. The smallest absolute Gasteiger partial charge is 0.228 e. The SMILES string of the molecule is COc1ccc(Br)c(NC(=O)C2Cc3ccccc3C2)c1. The Labute approximate surface area is 132 Å². The molecule has 0 bridgehead atoms. The van der Waals surface area contributed by atoms with Gasteiger partial charge in [-0.2, -0.15) is 0 Å². The minimum Gasteiger partial charge on any atom is -0.497 e. The van der Waals surface area contributed by atoms with Crippen molar-refractivity contribution >= 4 is 27.5 Å². The van der Waals surface area contributed by atoms with Gasteiger partial charge in [-0.15, -0.1) is 0 Å². The number of benzene rings is 2. The second-order valence-corrected chi connectivity index (χ2v) is 6.06. The zero-order valence-electron chi connectivity index (χ0n) is 11.7. The molecule has 4 heteroatoms. The van der Waals surface area contributed by atoms with E-state index < -0.39 is 0 Å². The van der Waals surface area contributed by atoms with Crippen molar-refractivity contribution in [3.8, 4) is 5.75 Å². The summed E-state index contributed by atoms with van der Waals surface area (Å²) in [6.45, 7) is 0. The predicted octanol–water partition coefficient (Wildman–Crippen LogP) is 3.81. The number of carbonyl (C=O) groups excluding carboxylic acids is 1. The van der Waals surface area contributed by atoms with Crippen molar-refractivity contribution in [2.75, 3.05) is 12.4 Å². The fourth-order valence-corrected chi connectivity index (χ4v) is 3.05. The van der Waals surface area contributed by atoms with E-state index in [1.165, 1.54) is 11.1 Å². The van der Waals surface area contributed by atoms with E-state index >= 15 is 0 Å². The van der Waals surface area contributed by atoms with Gasteiger partial charge in [0.25, 0.3) is 0 Å². The average molecular weight is 346 g/mol. The Morgan fingerprint density at radius 2 is 1.86 bits per heavy atom. The fourth-order valence-electron chi connectivity index (χ4n) is 2.71. The van der Waals surface area contributed by atoms with Gasteiger partial charge < -0.3 is 10.1 Å². The molecule has 3 nitrogen and oxygen atoms in total. The molecule has 0 saturated carbocycles. The quantitative estimate of drug-likeness (QED) is 0.918. The molecule has 21 heavy (non-hydrogen) atoms. The van der Waals surface area contributed by atoms with E-state index in [0.29, 0.717) is 0 Å². The van der Waals surface area contributed by atoms with Crippen LogP contribution in [0.15, 0.2) is 46.9 Å². The van der Waals surface area contributed by atoms with Gasteiger partial charge >= 0.3 is 0 Å². The number of carbonyl (C=O) groups is 1. The first-order chi connectivity index (χ1) is 10.2. The van der Waals surface area contributed by atoms with E-state index in [2.05, 4.69) is 33.4 Å². The van der Waals surface area contributed by atoms with E-state index in [4.69, 9.17) is 4.74 Å². The standard InChI is InChI=1S/C17H16BrNO2/c1-21-14-6-7-15(18)16(10-14)19-17(20)13-8-11-4-2-3-5-12(11)9-13/h2-7,10,13H,8-9H2,1H3,(H,19,20). The normalized spacial score (nSPS) is 13.8. The molecule has 0 radical (unpaired) electrons. The molecule has 0 aromatic heterocycles. The van der Waals surface area contributed by atoms with Crippen LogP contribution in [0.4, 0.5) is 5.69 Å². The number of ether oxygens (including phenoxy) is 1. The molecule has 1 amide bonds. The molecule has 0 unspecified atom stereocenters. The van der Waals surface area contributed by atoms with E-state index in [1.54, 1.807) is 7.11 Å². The molecule has 1 aliphatic carbocycles. The van der Waals surface area contributed by atoms with Crippen molar-refractivity contribution < 1.29 is 9.53 Å². The van der Waals surface area contributed by atoms with E-state index in [1.807, 2.05) is 30.3 Å². The van der Waals surface area contributed by atoms with Gasteiger partial charge in [-0.1, -0.05) is 24.3 Å². The molecule has 0 spiro atoms. The monoisotopic (exact) mass is 345 g/mol. The van der Waals surface area contributed by atoms with E-state index in [9.17, 15) is 4.79 Å². The van der Waals surface area contributed by atoms with Crippen molar-refractivity contribution in [3.63, 3.8) is 0 Å². The van der Waals surface area contributed by atoms with Gasteiger partial charge in [0.05, 0.1) is 12.8 Å². The van der Waals surface area contributed by atoms with Crippen LogP contribution < -0.4 is 10.1 Å². The van der Waals surface area contributed by atoms with Gasteiger partial charge in [0.15, 0.2) is 0 Å². The highest BCUT2D eigenvalue weighted by atomic mass is 79.9. The molecule has 0 atom stereocenters. The van der Waals surface area contributed by atoms with Gasteiger partial charge in [0.1, 0.15) is 5.75 Å². The summed E-state index contributed by atoms with van der Waals surface area (Å²) in [5.41, 5.74) is 3.31. The van der Waals surface area contributed by atoms with Crippen LogP contribution in [0.3, 0.4) is 0 Å². The molecule has 0 fully saturated rings. The largest absolute Gasteiger partial charge is 0.497 e. The molecule has 2 aromatic carbocycles. The van der Waals surface area contributed by atoms with Gasteiger partial charge in [-0.05, 0) is 52.0 Å². The maximum atomic E-state index is 12.5. The number of fused-ring (bicyclic) bond motifs is 1. The van der Waals surface area contributed by atoms with Crippen LogP contribution in [0.5, 0.6) is 5.75 Å². The predicted molar refractivity (Wildman–Crippen MR) is 86.7 cm³/mol. The Bertz CT molecular complexity index is 659. The maximum absolute atomic E-state index is 12.5. The number of nitrogens with one attached hydrogen (secondary N) is 1. The van der Waals surface area contributed by atoms with Crippen LogP contribution >= 0.6 is 15.9 Å². The van der Waals surface area contributed by atoms with Gasteiger partial charge in [-0.3, -0.25) is 4.79 Å². The van der Waals surface area contributed by atoms with Crippen molar-refractivity contribution in [1.82, 2.24) is 0 Å². The highest BCUT2D eigenvalue weighted by Gasteiger charge is 2.27. The van der Waals surface area contributed by atoms with E-state index in [-0.39, 0.29) is 11.8 Å². The minimum absolute atomic E-state index is 0.000464. The molecular formula is C17H16BrNO2. The zero-order valence-corrected chi connectivity index (χ0v) is 13.3. The van der Waals surface area contributed by atoms with Crippen LogP contribution in [0.1, 0.15) is 11.1 Å². The molecule has 3 rings (SSSR count). The van der Waals surface area contributed by atoms with Crippen LogP contribution in [-0.4, -0.2) is 13.0 Å². The third-order valence-electron chi connectivity index (χ3n) is 3.85. The Hall–Kier alpha value is -1.81. The lowest BCUT2D eigenvalue weighted by atomic mass is 10.1. The van der Waals surface area contributed by atoms with Crippen LogP contribution in [0, 0.1) is 5.92 Å². The summed E-state index contributed by atoms with van der Waals surface area (Å²) in [7, 11) is 1.61. The van der Waals surface area contributed by atoms with Crippen molar-refractivity contribution in [1.29, 1.82) is 0 Å². The second kappa shape index (κ2) is 5.90. The lowest BCUT2D eigenvalue weighted by Crippen LogP contribution is -2.23. The first kappa shape index (κ1) is 14.1. The summed E-state index contributed by atoms with van der Waals surface area (Å²) >= 11 is 3.45. The zero-order chi connectivity index (χ0) is 14.8. The number of halogens is 1. The summed E-state index contributed by atoms with van der Waals surface area (Å²) < 4.78 is 6.05. The number of hydrogen-bond donors (Lipinski definition) is 1. The second-order valence-electron chi connectivity index (χ2n) is 5.21. The van der Waals surface area contributed by atoms with E-state index in [0.717, 1.165) is 28.8 Å². The highest BCUT2D eigenvalue weighted by Crippen LogP contribution is 2.30. The molecule has 0 saturated heterocycles. The molecule has 2 aromatic rings. The summed E-state index contributed by atoms with van der Waals surface area (Å²) in [4.78, 5) is 12.5. The highest BCUT2D eigenvalue weighted by molar-refractivity contribution is 9.10. The molecular weight excluding hydrogens is 330 g/mol. The Balaban J connectivity index is 1.74. The number of methoxy groups -OCH3 is 1. The first-order valence-corrected chi connectivity index (χ1v) is 7.68. The topological polar surface area (TPSA) is 38.3 Å².